The molecule has 0 N–H and O–H groups in total. The first-order chi connectivity index (χ1) is 12.3. The summed E-state index contributed by atoms with van der Waals surface area (Å²) in [4.78, 5) is 0. The number of benzene rings is 3. The fourth-order valence-electron chi connectivity index (χ4n) is 4.26. The monoisotopic (exact) mass is 326 g/mol. The highest BCUT2D eigenvalue weighted by Crippen LogP contribution is 2.40. The van der Waals surface area contributed by atoms with Crippen LogP contribution in [0.3, 0.4) is 0 Å². The Kier molecular flexibility index (Phi) is 3.34. The number of fused-ring (bicyclic) bond motifs is 4. The van der Waals surface area contributed by atoms with Crippen LogP contribution in [-0.4, -0.2) is 0 Å². The Morgan fingerprint density at radius 2 is 1.60 bits per heavy atom. The summed E-state index contributed by atoms with van der Waals surface area (Å²) in [5, 5.41) is 2.62. The summed E-state index contributed by atoms with van der Waals surface area (Å²) in [6.45, 7) is 0. The van der Waals surface area contributed by atoms with E-state index in [9.17, 15) is 4.39 Å². The van der Waals surface area contributed by atoms with Gasteiger partial charge in [-0.25, -0.2) is 4.39 Å². The molecule has 0 saturated heterocycles. The molecule has 2 aliphatic rings. The van der Waals surface area contributed by atoms with Crippen molar-refractivity contribution in [2.24, 2.45) is 0 Å². The standard InChI is InChI=1S/C24H19F/c25-20-10-5-16(6-11-20)18-8-12-22-19(15-18)9-14-23-21-4-2-1-3-17(21)7-13-24(22)23/h2,4-6,8-12,14-15H,1,3,7,13H2. The average molecular weight is 326 g/mol. The minimum atomic E-state index is -0.191. The highest BCUT2D eigenvalue weighted by Gasteiger charge is 2.20. The van der Waals surface area contributed by atoms with Gasteiger partial charge >= 0.3 is 0 Å². The van der Waals surface area contributed by atoms with Crippen LogP contribution in [0.15, 0.2) is 72.3 Å². The topological polar surface area (TPSA) is 0 Å². The number of aryl methyl sites for hydroxylation is 1. The number of halogens is 1. The molecule has 0 heterocycles. The first-order valence-electron chi connectivity index (χ1n) is 9.00. The molecule has 122 valence electrons. The third kappa shape index (κ3) is 2.42. The van der Waals surface area contributed by atoms with Crippen molar-refractivity contribution >= 4 is 16.3 Å². The molecule has 0 fully saturated rings. The fraction of sp³-hybridized carbons (Fsp3) is 0.167. The van der Waals surface area contributed by atoms with Crippen molar-refractivity contribution in [3.05, 3.63) is 89.3 Å². The molecular formula is C24H19F. The molecule has 0 aromatic heterocycles. The molecule has 3 aromatic rings. The van der Waals surface area contributed by atoms with Gasteiger partial charge in [-0.2, -0.15) is 0 Å². The summed E-state index contributed by atoms with van der Waals surface area (Å²) in [6.07, 6.45) is 9.33. The first kappa shape index (κ1) is 14.7. The first-order valence-corrected chi connectivity index (χ1v) is 9.00. The van der Waals surface area contributed by atoms with Gasteiger partial charge < -0.3 is 0 Å². The smallest absolute Gasteiger partial charge is 0.123 e. The van der Waals surface area contributed by atoms with Crippen molar-refractivity contribution in [1.29, 1.82) is 0 Å². The van der Waals surface area contributed by atoms with E-state index in [1.54, 1.807) is 5.57 Å². The van der Waals surface area contributed by atoms with Crippen molar-refractivity contribution < 1.29 is 4.39 Å². The molecule has 0 spiro atoms. The van der Waals surface area contributed by atoms with E-state index in [0.29, 0.717) is 0 Å². The van der Waals surface area contributed by atoms with Gasteiger partial charge in [-0.1, -0.05) is 54.1 Å². The maximum atomic E-state index is 13.2. The Labute approximate surface area is 147 Å². The van der Waals surface area contributed by atoms with E-state index < -0.39 is 0 Å². The molecule has 0 nitrogen and oxygen atoms in total. The third-order valence-electron chi connectivity index (χ3n) is 5.55. The van der Waals surface area contributed by atoms with Crippen LogP contribution in [0.25, 0.3) is 27.5 Å². The Morgan fingerprint density at radius 1 is 0.760 bits per heavy atom. The van der Waals surface area contributed by atoms with Crippen LogP contribution in [-0.2, 0) is 6.42 Å². The predicted molar refractivity (Wildman–Crippen MR) is 103 cm³/mol. The SMILES string of the molecule is Fc1ccc(-c2ccc3c4c(ccc3c2)C2=C(CCC=C2)CC4)cc1. The molecule has 0 radical (unpaired) electrons. The second-order valence-electron chi connectivity index (χ2n) is 6.99. The van der Waals surface area contributed by atoms with E-state index in [2.05, 4.69) is 42.5 Å². The van der Waals surface area contributed by atoms with Gasteiger partial charge in [-0.05, 0) is 82.5 Å². The van der Waals surface area contributed by atoms with Crippen molar-refractivity contribution in [2.45, 2.75) is 25.7 Å². The number of allylic oxidation sites excluding steroid dienone is 4. The van der Waals surface area contributed by atoms with Gasteiger partial charge in [0.25, 0.3) is 0 Å². The van der Waals surface area contributed by atoms with E-state index >= 15 is 0 Å². The lowest BCUT2D eigenvalue weighted by Gasteiger charge is -2.25. The number of hydrogen-bond acceptors (Lipinski definition) is 0. The molecule has 0 saturated carbocycles. The lowest BCUT2D eigenvalue weighted by Crippen LogP contribution is -2.07. The Morgan fingerprint density at radius 3 is 2.48 bits per heavy atom. The third-order valence-corrected chi connectivity index (χ3v) is 5.55. The molecular weight excluding hydrogens is 307 g/mol. The second-order valence-corrected chi connectivity index (χ2v) is 6.99. The molecule has 2 aliphatic carbocycles. The average Bonchev–Trinajstić information content (AvgIpc) is 2.67. The number of hydrogen-bond donors (Lipinski definition) is 0. The molecule has 0 aliphatic heterocycles. The second kappa shape index (κ2) is 5.70. The van der Waals surface area contributed by atoms with Gasteiger partial charge in [0.1, 0.15) is 5.82 Å². The van der Waals surface area contributed by atoms with Crippen LogP contribution in [0.4, 0.5) is 4.39 Å². The van der Waals surface area contributed by atoms with Gasteiger partial charge in [0.2, 0.25) is 0 Å². The number of rotatable bonds is 1. The van der Waals surface area contributed by atoms with Crippen molar-refractivity contribution in [2.75, 3.05) is 0 Å². The van der Waals surface area contributed by atoms with Crippen LogP contribution < -0.4 is 0 Å². The highest BCUT2D eigenvalue weighted by atomic mass is 19.1. The van der Waals surface area contributed by atoms with E-state index in [1.165, 1.54) is 58.9 Å². The van der Waals surface area contributed by atoms with Crippen LogP contribution in [0.1, 0.15) is 30.4 Å². The quantitative estimate of drug-likeness (QED) is 0.467. The molecule has 5 rings (SSSR count). The molecule has 3 aromatic carbocycles. The zero-order chi connectivity index (χ0) is 16.8. The summed E-state index contributed by atoms with van der Waals surface area (Å²) in [5.74, 6) is -0.191. The highest BCUT2D eigenvalue weighted by molar-refractivity contribution is 5.95. The molecule has 25 heavy (non-hydrogen) atoms. The summed E-state index contributed by atoms with van der Waals surface area (Å²) in [7, 11) is 0. The van der Waals surface area contributed by atoms with Crippen molar-refractivity contribution in [3.63, 3.8) is 0 Å². The van der Waals surface area contributed by atoms with E-state index in [1.807, 2.05) is 12.1 Å². The summed E-state index contributed by atoms with van der Waals surface area (Å²) in [6, 6.07) is 17.9. The van der Waals surface area contributed by atoms with Crippen molar-refractivity contribution in [1.82, 2.24) is 0 Å². The molecule has 0 unspecified atom stereocenters. The van der Waals surface area contributed by atoms with Crippen molar-refractivity contribution in [3.8, 4) is 11.1 Å². The van der Waals surface area contributed by atoms with Gasteiger partial charge in [-0.3, -0.25) is 0 Å². The summed E-state index contributed by atoms with van der Waals surface area (Å²) >= 11 is 0. The predicted octanol–water partition coefficient (Wildman–Crippen LogP) is 6.70. The minimum Gasteiger partial charge on any atom is -0.207 e. The molecule has 0 atom stereocenters. The maximum Gasteiger partial charge on any atom is 0.123 e. The normalized spacial score (nSPS) is 16.0. The van der Waals surface area contributed by atoms with Crippen LogP contribution in [0.2, 0.25) is 0 Å². The van der Waals surface area contributed by atoms with Gasteiger partial charge in [-0.15, -0.1) is 0 Å². The Hall–Kier alpha value is -2.67. The Balaban J connectivity index is 1.65. The van der Waals surface area contributed by atoms with Crippen LogP contribution >= 0.6 is 0 Å². The van der Waals surface area contributed by atoms with E-state index in [0.717, 1.165) is 17.5 Å². The minimum absolute atomic E-state index is 0.191. The fourth-order valence-corrected chi connectivity index (χ4v) is 4.26. The maximum absolute atomic E-state index is 13.2. The molecule has 1 heteroatoms. The molecule has 0 bridgehead atoms. The summed E-state index contributed by atoms with van der Waals surface area (Å²) in [5.41, 5.74) is 8.17. The van der Waals surface area contributed by atoms with E-state index in [-0.39, 0.29) is 5.82 Å². The summed E-state index contributed by atoms with van der Waals surface area (Å²) < 4.78 is 13.2. The lowest BCUT2D eigenvalue weighted by atomic mass is 9.79. The van der Waals surface area contributed by atoms with Gasteiger partial charge in [0.15, 0.2) is 0 Å². The molecule has 0 amide bonds. The van der Waals surface area contributed by atoms with Crippen LogP contribution in [0, 0.1) is 5.82 Å². The lowest BCUT2D eigenvalue weighted by molar-refractivity contribution is 0.628. The van der Waals surface area contributed by atoms with Crippen LogP contribution in [0.5, 0.6) is 0 Å². The Bertz CT molecular complexity index is 1040. The zero-order valence-electron chi connectivity index (χ0n) is 14.1. The van der Waals surface area contributed by atoms with Gasteiger partial charge in [0, 0.05) is 0 Å². The van der Waals surface area contributed by atoms with Gasteiger partial charge in [0.05, 0.1) is 0 Å². The van der Waals surface area contributed by atoms with E-state index in [4.69, 9.17) is 0 Å². The zero-order valence-corrected chi connectivity index (χ0v) is 14.1. The largest absolute Gasteiger partial charge is 0.207 e.